The van der Waals surface area contributed by atoms with Gasteiger partial charge in [-0.1, -0.05) is 41.1 Å². The molecule has 108 valence electrons. The van der Waals surface area contributed by atoms with E-state index in [1.807, 2.05) is 31.2 Å². The van der Waals surface area contributed by atoms with Crippen LogP contribution < -0.4 is 4.72 Å². The number of para-hydroxylation sites is 1. The summed E-state index contributed by atoms with van der Waals surface area (Å²) in [6, 6.07) is 9.04. The molecule has 0 saturated heterocycles. The van der Waals surface area contributed by atoms with Gasteiger partial charge >= 0.3 is 0 Å². The highest BCUT2D eigenvalue weighted by atomic mass is 35.5. The van der Waals surface area contributed by atoms with Crippen LogP contribution in [-0.4, -0.2) is 18.4 Å². The van der Waals surface area contributed by atoms with Gasteiger partial charge in [-0.25, -0.2) is 13.4 Å². The van der Waals surface area contributed by atoms with Gasteiger partial charge in [0.05, 0.1) is 17.4 Å². The number of benzene rings is 1. The van der Waals surface area contributed by atoms with E-state index in [4.69, 9.17) is 11.6 Å². The van der Waals surface area contributed by atoms with Crippen molar-refractivity contribution >= 4 is 49.6 Å². The number of nitrogens with zero attached hydrogens (tertiary/aromatic N) is 2. The molecule has 2 heterocycles. The molecule has 3 rings (SSSR count). The number of hydrogen-bond donors (Lipinski definition) is 1. The van der Waals surface area contributed by atoms with Crippen LogP contribution in [0.1, 0.15) is 5.69 Å². The third kappa shape index (κ3) is 2.85. The van der Waals surface area contributed by atoms with Crippen molar-refractivity contribution in [2.24, 2.45) is 0 Å². The number of hydrogen-bond acceptors (Lipinski definition) is 5. The van der Waals surface area contributed by atoms with Crippen LogP contribution in [0, 0.1) is 6.92 Å². The predicted octanol–water partition coefficient (Wildman–Crippen LogP) is 3.45. The lowest BCUT2D eigenvalue weighted by Gasteiger charge is -2.10. The van der Waals surface area contributed by atoms with Gasteiger partial charge in [0.15, 0.2) is 8.68 Å². The van der Waals surface area contributed by atoms with Crippen molar-refractivity contribution in [3.8, 4) is 0 Å². The Labute approximate surface area is 130 Å². The molecular formula is C13H10ClN3O2S2. The molecule has 0 bridgehead atoms. The fraction of sp³-hybridized carbons (Fsp3) is 0.0769. The van der Waals surface area contributed by atoms with Crippen LogP contribution in [0.25, 0.3) is 10.9 Å². The average Bonchev–Trinajstić information content (AvgIpc) is 2.86. The number of thiazole rings is 1. The third-order valence-corrected chi connectivity index (χ3v) is 5.75. The van der Waals surface area contributed by atoms with Crippen molar-refractivity contribution in [3.63, 3.8) is 0 Å². The van der Waals surface area contributed by atoms with E-state index in [9.17, 15) is 8.42 Å². The molecule has 0 fully saturated rings. The van der Waals surface area contributed by atoms with Gasteiger partial charge in [-0.2, -0.15) is 0 Å². The van der Waals surface area contributed by atoms with Crippen LogP contribution in [0.3, 0.4) is 0 Å². The second-order valence-electron chi connectivity index (χ2n) is 4.37. The van der Waals surface area contributed by atoms with Gasteiger partial charge in [0.1, 0.15) is 0 Å². The minimum atomic E-state index is -3.71. The van der Waals surface area contributed by atoms with Crippen molar-refractivity contribution in [2.45, 2.75) is 11.1 Å². The Morgan fingerprint density at radius 2 is 2.05 bits per heavy atom. The lowest BCUT2D eigenvalue weighted by Crippen LogP contribution is -2.12. The monoisotopic (exact) mass is 339 g/mol. The summed E-state index contributed by atoms with van der Waals surface area (Å²) in [6.07, 6.45) is 1.24. The summed E-state index contributed by atoms with van der Waals surface area (Å²) in [5.41, 5.74) is 1.95. The lowest BCUT2D eigenvalue weighted by molar-refractivity contribution is 0.603. The molecule has 1 aromatic carbocycles. The molecular weight excluding hydrogens is 330 g/mol. The van der Waals surface area contributed by atoms with Crippen molar-refractivity contribution in [1.29, 1.82) is 0 Å². The Hall–Kier alpha value is -1.70. The first-order valence-corrected chi connectivity index (χ1v) is 8.64. The quantitative estimate of drug-likeness (QED) is 0.793. The van der Waals surface area contributed by atoms with Gasteiger partial charge in [-0.05, 0) is 19.1 Å². The zero-order valence-electron chi connectivity index (χ0n) is 10.9. The minimum Gasteiger partial charge on any atom is -0.278 e. The van der Waals surface area contributed by atoms with E-state index in [0.29, 0.717) is 5.69 Å². The molecule has 0 atom stereocenters. The Balaban J connectivity index is 2.09. The molecule has 3 aromatic rings. The Kier molecular flexibility index (Phi) is 3.56. The van der Waals surface area contributed by atoms with Gasteiger partial charge in [0.2, 0.25) is 0 Å². The minimum absolute atomic E-state index is 0.0750. The summed E-state index contributed by atoms with van der Waals surface area (Å²) >= 11 is 6.61. The predicted molar refractivity (Wildman–Crippen MR) is 84.4 cm³/mol. The second-order valence-corrected chi connectivity index (χ2v) is 7.89. The molecule has 0 aliphatic rings. The zero-order chi connectivity index (χ0) is 15.0. The van der Waals surface area contributed by atoms with E-state index < -0.39 is 10.0 Å². The zero-order valence-corrected chi connectivity index (χ0v) is 13.3. The highest BCUT2D eigenvalue weighted by Crippen LogP contribution is 2.28. The smallest absolute Gasteiger partial charge is 0.273 e. The molecule has 0 radical (unpaired) electrons. The molecule has 0 spiro atoms. The van der Waals surface area contributed by atoms with E-state index in [-0.39, 0.29) is 8.68 Å². The second kappa shape index (κ2) is 5.25. The van der Waals surface area contributed by atoms with Crippen molar-refractivity contribution in [3.05, 3.63) is 46.7 Å². The van der Waals surface area contributed by atoms with E-state index >= 15 is 0 Å². The van der Waals surface area contributed by atoms with Crippen LogP contribution in [0.5, 0.6) is 0 Å². The highest BCUT2D eigenvalue weighted by molar-refractivity contribution is 7.94. The molecule has 5 nitrogen and oxygen atoms in total. The number of nitrogens with one attached hydrogen (secondary N) is 1. The van der Waals surface area contributed by atoms with Crippen LogP contribution in [0.4, 0.5) is 5.69 Å². The van der Waals surface area contributed by atoms with Gasteiger partial charge in [0, 0.05) is 11.1 Å². The Morgan fingerprint density at radius 1 is 1.29 bits per heavy atom. The molecule has 0 aliphatic carbocycles. The molecule has 21 heavy (non-hydrogen) atoms. The fourth-order valence-corrected chi connectivity index (χ4v) is 4.31. The molecule has 0 unspecified atom stereocenters. The summed E-state index contributed by atoms with van der Waals surface area (Å²) in [6.45, 7) is 1.81. The molecule has 0 amide bonds. The van der Waals surface area contributed by atoms with Gasteiger partial charge < -0.3 is 0 Å². The number of anilines is 1. The lowest BCUT2D eigenvalue weighted by atomic mass is 10.2. The first kappa shape index (κ1) is 14.2. The summed E-state index contributed by atoms with van der Waals surface area (Å²) in [5, 5.41) is 0.738. The highest BCUT2D eigenvalue weighted by Gasteiger charge is 2.19. The molecule has 8 heteroatoms. The number of aryl methyl sites for hydroxylation is 1. The van der Waals surface area contributed by atoms with Gasteiger partial charge in [0.25, 0.3) is 10.0 Å². The van der Waals surface area contributed by atoms with Crippen LogP contribution in [0.15, 0.2) is 40.7 Å². The number of halogens is 1. The Bertz CT molecular complexity index is 922. The van der Waals surface area contributed by atoms with E-state index in [2.05, 4.69) is 14.7 Å². The van der Waals surface area contributed by atoms with Gasteiger partial charge in [-0.15, -0.1) is 0 Å². The van der Waals surface area contributed by atoms with Crippen LogP contribution >= 0.6 is 22.9 Å². The fourth-order valence-electron chi connectivity index (χ4n) is 1.95. The molecule has 0 aliphatic heterocycles. The van der Waals surface area contributed by atoms with Crippen LogP contribution in [-0.2, 0) is 10.0 Å². The van der Waals surface area contributed by atoms with E-state index in [1.165, 1.54) is 6.20 Å². The SMILES string of the molecule is Cc1cc(NS(=O)(=O)c2cnc(Cl)s2)c2ccccc2n1. The maximum absolute atomic E-state index is 12.4. The standard InChI is InChI=1S/C13H10ClN3O2S2/c1-8-6-11(9-4-2-3-5-10(9)16-8)17-21(18,19)12-7-15-13(14)20-12/h2-7H,1H3,(H,16,17). The number of pyridine rings is 1. The van der Waals surface area contributed by atoms with Crippen molar-refractivity contribution in [1.82, 2.24) is 9.97 Å². The van der Waals surface area contributed by atoms with E-state index in [0.717, 1.165) is 27.9 Å². The average molecular weight is 340 g/mol. The van der Waals surface area contributed by atoms with Crippen molar-refractivity contribution in [2.75, 3.05) is 4.72 Å². The molecule has 1 N–H and O–H groups in total. The summed E-state index contributed by atoms with van der Waals surface area (Å²) in [5.74, 6) is 0. The van der Waals surface area contributed by atoms with Crippen molar-refractivity contribution < 1.29 is 8.42 Å². The third-order valence-electron chi connectivity index (χ3n) is 2.81. The Morgan fingerprint density at radius 3 is 2.76 bits per heavy atom. The first-order chi connectivity index (χ1) is 9.95. The number of fused-ring (bicyclic) bond motifs is 1. The first-order valence-electron chi connectivity index (χ1n) is 5.96. The topological polar surface area (TPSA) is 72.0 Å². The number of rotatable bonds is 3. The van der Waals surface area contributed by atoms with Gasteiger partial charge in [-0.3, -0.25) is 9.71 Å². The maximum atomic E-state index is 12.4. The number of sulfonamides is 1. The molecule has 0 saturated carbocycles. The summed E-state index contributed by atoms with van der Waals surface area (Å²) in [7, 11) is -3.71. The molecule has 2 aromatic heterocycles. The maximum Gasteiger partial charge on any atom is 0.273 e. The number of aromatic nitrogens is 2. The van der Waals surface area contributed by atoms with E-state index in [1.54, 1.807) is 6.07 Å². The van der Waals surface area contributed by atoms with Crippen LogP contribution in [0.2, 0.25) is 4.47 Å². The normalized spacial score (nSPS) is 11.7. The summed E-state index contributed by atoms with van der Waals surface area (Å²) in [4.78, 5) is 8.13. The largest absolute Gasteiger partial charge is 0.278 e. The summed E-state index contributed by atoms with van der Waals surface area (Å²) < 4.78 is 27.5.